The van der Waals surface area contributed by atoms with E-state index in [4.69, 9.17) is 0 Å². The summed E-state index contributed by atoms with van der Waals surface area (Å²) in [5.41, 5.74) is 24.8. The number of benzene rings is 10. The van der Waals surface area contributed by atoms with Crippen molar-refractivity contribution in [3.05, 3.63) is 192 Å². The summed E-state index contributed by atoms with van der Waals surface area (Å²) in [4.78, 5) is 17.4. The van der Waals surface area contributed by atoms with E-state index in [2.05, 4.69) is 194 Å². The molecule has 71 heavy (non-hydrogen) atoms. The number of nitriles is 2. The fourth-order valence-electron chi connectivity index (χ4n) is 12.5. The van der Waals surface area contributed by atoms with Crippen molar-refractivity contribution in [3.8, 4) is 101 Å². The topological polar surface area (TPSA) is 99.1 Å². The monoisotopic (exact) mass is 904 g/mol. The summed E-state index contributed by atoms with van der Waals surface area (Å²) < 4.78 is 0. The van der Waals surface area contributed by atoms with Crippen molar-refractivity contribution >= 4 is 53.9 Å². The van der Waals surface area contributed by atoms with E-state index >= 15 is 0 Å². The van der Waals surface area contributed by atoms with Crippen LogP contribution in [0.1, 0.15) is 39.5 Å². The maximum atomic E-state index is 9.45. The van der Waals surface area contributed by atoms with Crippen molar-refractivity contribution in [2.24, 2.45) is 0 Å². The van der Waals surface area contributed by atoms with Gasteiger partial charge in [-0.25, -0.2) is 19.9 Å². The molecule has 14 rings (SSSR count). The number of fused-ring (bicyclic) bond motifs is 11. The molecule has 0 aliphatic heterocycles. The predicted molar refractivity (Wildman–Crippen MR) is 289 cm³/mol. The van der Waals surface area contributed by atoms with E-state index in [1.54, 1.807) is 24.8 Å². The summed E-state index contributed by atoms with van der Waals surface area (Å²) in [5.74, 6) is 0.318. The van der Waals surface area contributed by atoms with Gasteiger partial charge < -0.3 is 0 Å². The lowest BCUT2D eigenvalue weighted by molar-refractivity contribution is 1.12. The van der Waals surface area contributed by atoms with Gasteiger partial charge in [-0.2, -0.15) is 10.5 Å². The highest BCUT2D eigenvalue weighted by Gasteiger charge is 2.29. The molecule has 0 saturated carbocycles. The summed E-state index contributed by atoms with van der Waals surface area (Å²) in [6, 6.07) is 52.4. The fraction of sp³-hybridized carbons (Fsp3) is 0.0769. The fourth-order valence-corrected chi connectivity index (χ4v) is 12.5. The first-order chi connectivity index (χ1) is 34.7. The largest absolute Gasteiger partial charge is 0.232 e. The molecule has 12 aromatic rings. The maximum Gasteiger partial charge on any atom is 0.232 e. The van der Waals surface area contributed by atoms with Crippen molar-refractivity contribution in [1.29, 1.82) is 10.5 Å². The highest BCUT2D eigenvalue weighted by Crippen LogP contribution is 2.56. The molecular weight excluding hydrogens is 865 g/mol. The predicted octanol–water partition coefficient (Wildman–Crippen LogP) is 16.3. The van der Waals surface area contributed by atoms with Gasteiger partial charge in [0.2, 0.25) is 11.6 Å². The van der Waals surface area contributed by atoms with Crippen LogP contribution in [0.4, 0.5) is 0 Å². The Morgan fingerprint density at radius 3 is 1.07 bits per heavy atom. The van der Waals surface area contributed by atoms with Crippen LogP contribution in [0, 0.1) is 57.3 Å². The minimum Gasteiger partial charge on any atom is -0.227 e. The number of nitrogens with zero attached hydrogens (tertiary/aromatic N) is 6. The van der Waals surface area contributed by atoms with E-state index in [1.807, 2.05) is 0 Å². The SMILES string of the molecule is Cc1cc(C)c(-c2cc3c4cc5c(cc4c(-c4c(C)cccc4C)cc3c3cc4c(cc23)-c2ccc(-c3cnc(C#N)nc3)c3cccc-4c23)-c2ccc(-c3cnc(C#N)nc3)c3cccc-5c23)c(C)c1. The molecule has 2 aliphatic rings. The first-order valence-electron chi connectivity index (χ1n) is 24.0. The Kier molecular flexibility index (Phi) is 8.49. The molecule has 0 amide bonds. The van der Waals surface area contributed by atoms with Gasteiger partial charge in [0.1, 0.15) is 12.1 Å². The molecule has 6 nitrogen and oxygen atoms in total. The Morgan fingerprint density at radius 2 is 0.648 bits per heavy atom. The van der Waals surface area contributed by atoms with Gasteiger partial charge in [-0.1, -0.05) is 96.6 Å². The highest BCUT2D eigenvalue weighted by atomic mass is 14.9. The second-order valence-electron chi connectivity index (χ2n) is 19.5. The van der Waals surface area contributed by atoms with Crippen molar-refractivity contribution < 1.29 is 0 Å². The molecule has 0 N–H and O–H groups in total. The minimum atomic E-state index is 0.159. The van der Waals surface area contributed by atoms with Crippen LogP contribution in [0.25, 0.3) is 143 Å². The molecule has 6 heteroatoms. The Labute approximate surface area is 409 Å². The molecule has 2 aromatic heterocycles. The van der Waals surface area contributed by atoms with Crippen LogP contribution in [0.2, 0.25) is 0 Å². The van der Waals surface area contributed by atoms with Crippen LogP contribution in [0.5, 0.6) is 0 Å². The molecular formula is C65H40N6. The van der Waals surface area contributed by atoms with Crippen LogP contribution in [0.15, 0.2) is 152 Å². The Balaban J connectivity index is 1.10. The van der Waals surface area contributed by atoms with Crippen molar-refractivity contribution in [3.63, 3.8) is 0 Å². The Bertz CT molecular complexity index is 4470. The van der Waals surface area contributed by atoms with Crippen LogP contribution < -0.4 is 0 Å². The maximum absolute atomic E-state index is 9.45. The standard InChI is InChI=1S/C65H40N6/c1-33-19-36(4)63(37(5)20-33)59-26-55-52-21-48-44-13-7-11-42-40(38-29-68-60(27-66)69-30-38)15-17-46(64(42)44)50(48)23-56(52)58(62-34(2)9-6-10-35(62)3)25-54(55)53-22-49-45-14-8-12-43-41(39-31-70-61(28-67)71-32-39)16-18-47(65(43)45)51(49)24-57(53)59/h6-26,29-32H,1-5H3. The third-order valence-electron chi connectivity index (χ3n) is 15.4. The van der Waals surface area contributed by atoms with E-state index in [0.29, 0.717) is 0 Å². The summed E-state index contributed by atoms with van der Waals surface area (Å²) in [6.07, 6.45) is 7.03. The van der Waals surface area contributed by atoms with Gasteiger partial charge >= 0.3 is 0 Å². The van der Waals surface area contributed by atoms with Gasteiger partial charge in [0.25, 0.3) is 0 Å². The van der Waals surface area contributed by atoms with Gasteiger partial charge in [0.05, 0.1) is 0 Å². The summed E-state index contributed by atoms with van der Waals surface area (Å²) in [7, 11) is 0. The number of aromatic nitrogens is 4. The highest BCUT2D eigenvalue weighted by molar-refractivity contribution is 6.30. The molecule has 2 aliphatic carbocycles. The minimum absolute atomic E-state index is 0.159. The molecule has 0 spiro atoms. The molecule has 0 bridgehead atoms. The smallest absolute Gasteiger partial charge is 0.227 e. The molecule has 2 heterocycles. The molecule has 0 unspecified atom stereocenters. The zero-order chi connectivity index (χ0) is 48.0. The summed E-state index contributed by atoms with van der Waals surface area (Å²) in [5, 5.41) is 30.9. The number of rotatable bonds is 4. The molecule has 0 radical (unpaired) electrons. The average Bonchev–Trinajstić information content (AvgIpc) is 3.88. The lowest BCUT2D eigenvalue weighted by Crippen LogP contribution is -1.96. The Morgan fingerprint density at radius 1 is 0.310 bits per heavy atom. The van der Waals surface area contributed by atoms with E-state index < -0.39 is 0 Å². The zero-order valence-electron chi connectivity index (χ0n) is 39.6. The number of hydrogen-bond acceptors (Lipinski definition) is 6. The first-order valence-corrected chi connectivity index (χ1v) is 24.0. The first kappa shape index (κ1) is 40.7. The molecule has 0 saturated heterocycles. The van der Waals surface area contributed by atoms with Crippen molar-refractivity contribution in [2.45, 2.75) is 34.6 Å². The van der Waals surface area contributed by atoms with Crippen molar-refractivity contribution in [2.75, 3.05) is 0 Å². The molecule has 0 atom stereocenters. The summed E-state index contributed by atoms with van der Waals surface area (Å²) in [6.45, 7) is 11.2. The van der Waals surface area contributed by atoms with Gasteiger partial charge in [-0.15, -0.1) is 0 Å². The van der Waals surface area contributed by atoms with E-state index in [0.717, 1.165) is 33.0 Å². The number of aryl methyl sites for hydroxylation is 5. The third kappa shape index (κ3) is 5.74. The van der Waals surface area contributed by atoms with Gasteiger partial charge in [-0.05, 0) is 225 Å². The third-order valence-corrected chi connectivity index (χ3v) is 15.4. The van der Waals surface area contributed by atoms with Gasteiger partial charge in [-0.3, -0.25) is 0 Å². The van der Waals surface area contributed by atoms with E-state index in [1.165, 1.54) is 138 Å². The molecule has 10 aromatic carbocycles. The second kappa shape index (κ2) is 14.8. The Hall–Kier alpha value is -9.36. The lowest BCUT2D eigenvalue weighted by Gasteiger charge is -2.21. The van der Waals surface area contributed by atoms with Crippen LogP contribution in [0.3, 0.4) is 0 Å². The average molecular weight is 905 g/mol. The van der Waals surface area contributed by atoms with E-state index in [9.17, 15) is 10.5 Å². The van der Waals surface area contributed by atoms with E-state index in [-0.39, 0.29) is 11.6 Å². The quantitative estimate of drug-likeness (QED) is 0.163. The molecule has 0 fully saturated rings. The van der Waals surface area contributed by atoms with Crippen LogP contribution in [-0.2, 0) is 0 Å². The van der Waals surface area contributed by atoms with Gasteiger partial charge in [0.15, 0.2) is 0 Å². The van der Waals surface area contributed by atoms with Crippen LogP contribution in [-0.4, -0.2) is 19.9 Å². The normalized spacial score (nSPS) is 12.0. The van der Waals surface area contributed by atoms with Crippen LogP contribution >= 0.6 is 0 Å². The summed E-state index contributed by atoms with van der Waals surface area (Å²) >= 11 is 0. The zero-order valence-corrected chi connectivity index (χ0v) is 39.6. The lowest BCUT2D eigenvalue weighted by atomic mass is 9.82. The van der Waals surface area contributed by atoms with Crippen molar-refractivity contribution in [1.82, 2.24) is 19.9 Å². The molecule has 330 valence electrons. The second-order valence-corrected chi connectivity index (χ2v) is 19.5. The number of hydrogen-bond donors (Lipinski definition) is 0. The van der Waals surface area contributed by atoms with Gasteiger partial charge in [0, 0.05) is 35.9 Å².